The third-order valence-electron chi connectivity index (χ3n) is 3.72. The lowest BCUT2D eigenvalue weighted by atomic mass is 10.00. The zero-order valence-electron chi connectivity index (χ0n) is 13.0. The first kappa shape index (κ1) is 18.4. The molecule has 0 bridgehead atoms. The monoisotopic (exact) mass is 346 g/mol. The molecule has 0 aliphatic carbocycles. The third-order valence-corrected chi connectivity index (χ3v) is 3.72. The summed E-state index contributed by atoms with van der Waals surface area (Å²) in [6.45, 7) is 1.97. The van der Waals surface area contributed by atoms with E-state index in [4.69, 9.17) is 0 Å². The van der Waals surface area contributed by atoms with Gasteiger partial charge in [0, 0.05) is 0 Å². The SMILES string of the molecule is CCCc1ccc(CCc2cc(F)c(C(F)(F)F)c(F)c2)c(F)c1. The number of alkyl halides is 3. The van der Waals surface area contributed by atoms with Crippen molar-refractivity contribution in [2.45, 2.75) is 38.8 Å². The van der Waals surface area contributed by atoms with Crippen molar-refractivity contribution in [3.63, 3.8) is 0 Å². The van der Waals surface area contributed by atoms with Crippen molar-refractivity contribution >= 4 is 0 Å². The first-order valence-electron chi connectivity index (χ1n) is 7.54. The van der Waals surface area contributed by atoms with Crippen molar-refractivity contribution in [3.8, 4) is 0 Å². The Kier molecular flexibility index (Phi) is 5.57. The van der Waals surface area contributed by atoms with Crippen molar-refractivity contribution in [1.82, 2.24) is 0 Å². The molecule has 0 radical (unpaired) electrons. The molecule has 6 heteroatoms. The molecule has 0 saturated heterocycles. The highest BCUT2D eigenvalue weighted by molar-refractivity contribution is 5.30. The minimum Gasteiger partial charge on any atom is -0.207 e. The standard InChI is InChI=1S/C18H16F6/c1-2-3-11-4-6-13(14(19)8-11)7-5-12-9-15(20)17(16(21)10-12)18(22,23)24/h4,6,8-10H,2-3,5,7H2,1H3. The summed E-state index contributed by atoms with van der Waals surface area (Å²) in [4.78, 5) is 0. The maximum Gasteiger partial charge on any atom is 0.422 e. The van der Waals surface area contributed by atoms with Crippen LogP contribution in [0.1, 0.15) is 35.6 Å². The van der Waals surface area contributed by atoms with E-state index in [2.05, 4.69) is 0 Å². The van der Waals surface area contributed by atoms with Gasteiger partial charge in [0.1, 0.15) is 23.0 Å². The van der Waals surface area contributed by atoms with Gasteiger partial charge in [-0.1, -0.05) is 25.5 Å². The van der Waals surface area contributed by atoms with Crippen LogP contribution in [0.5, 0.6) is 0 Å². The van der Waals surface area contributed by atoms with E-state index < -0.39 is 29.2 Å². The molecule has 0 heterocycles. The van der Waals surface area contributed by atoms with Gasteiger partial charge in [0.25, 0.3) is 0 Å². The van der Waals surface area contributed by atoms with Crippen LogP contribution in [0.3, 0.4) is 0 Å². The van der Waals surface area contributed by atoms with Gasteiger partial charge in [-0.15, -0.1) is 0 Å². The summed E-state index contributed by atoms with van der Waals surface area (Å²) in [7, 11) is 0. The van der Waals surface area contributed by atoms with E-state index in [9.17, 15) is 26.3 Å². The lowest BCUT2D eigenvalue weighted by Crippen LogP contribution is -2.12. The number of benzene rings is 2. The lowest BCUT2D eigenvalue weighted by Gasteiger charge is -2.11. The van der Waals surface area contributed by atoms with Gasteiger partial charge in [0.2, 0.25) is 0 Å². The van der Waals surface area contributed by atoms with Crippen LogP contribution in [0, 0.1) is 17.5 Å². The smallest absolute Gasteiger partial charge is 0.207 e. The van der Waals surface area contributed by atoms with Crippen molar-refractivity contribution in [1.29, 1.82) is 0 Å². The van der Waals surface area contributed by atoms with Gasteiger partial charge in [0.05, 0.1) is 0 Å². The predicted molar refractivity (Wildman–Crippen MR) is 79.2 cm³/mol. The van der Waals surface area contributed by atoms with Crippen LogP contribution in [0.15, 0.2) is 30.3 Å². The van der Waals surface area contributed by atoms with E-state index in [-0.39, 0.29) is 18.4 Å². The Morgan fingerprint density at radius 2 is 1.33 bits per heavy atom. The molecule has 24 heavy (non-hydrogen) atoms. The normalized spacial score (nSPS) is 11.8. The molecule has 0 N–H and O–H groups in total. The van der Waals surface area contributed by atoms with Gasteiger partial charge >= 0.3 is 6.18 Å². The topological polar surface area (TPSA) is 0 Å². The van der Waals surface area contributed by atoms with E-state index >= 15 is 0 Å². The van der Waals surface area contributed by atoms with Crippen molar-refractivity contribution in [2.75, 3.05) is 0 Å². The minimum absolute atomic E-state index is 0.0377. The van der Waals surface area contributed by atoms with Crippen LogP contribution < -0.4 is 0 Å². The van der Waals surface area contributed by atoms with E-state index in [1.807, 2.05) is 6.92 Å². The Bertz CT molecular complexity index is 695. The molecule has 0 aromatic heterocycles. The molecule has 2 aromatic carbocycles. The van der Waals surface area contributed by atoms with Crippen molar-refractivity contribution in [2.24, 2.45) is 0 Å². The number of halogens is 6. The molecule has 2 aromatic rings. The van der Waals surface area contributed by atoms with Crippen molar-refractivity contribution < 1.29 is 26.3 Å². The Labute approximate surface area is 136 Å². The Hall–Kier alpha value is -1.98. The summed E-state index contributed by atoms with van der Waals surface area (Å²) in [5, 5.41) is 0. The minimum atomic E-state index is -5.09. The number of hydrogen-bond acceptors (Lipinski definition) is 0. The second-order valence-electron chi connectivity index (χ2n) is 5.61. The summed E-state index contributed by atoms with van der Waals surface area (Å²) in [6, 6.07) is 6.07. The summed E-state index contributed by atoms with van der Waals surface area (Å²) in [5.41, 5.74) is -0.641. The molecule has 0 spiro atoms. The highest BCUT2D eigenvalue weighted by atomic mass is 19.4. The average Bonchev–Trinajstić information content (AvgIpc) is 2.44. The molecule has 0 fully saturated rings. The molecular formula is C18H16F6. The summed E-state index contributed by atoms with van der Waals surface area (Å²) in [5.74, 6) is -3.73. The molecule has 0 atom stereocenters. The third kappa shape index (κ3) is 4.30. The molecule has 0 nitrogen and oxygen atoms in total. The van der Waals surface area contributed by atoms with Crippen LogP contribution in [0.4, 0.5) is 26.3 Å². The van der Waals surface area contributed by atoms with Gasteiger partial charge in [0.15, 0.2) is 0 Å². The Morgan fingerprint density at radius 1 is 0.750 bits per heavy atom. The molecule has 2 rings (SSSR count). The fraction of sp³-hybridized carbons (Fsp3) is 0.333. The predicted octanol–water partition coefficient (Wildman–Crippen LogP) is 5.86. The molecule has 0 amide bonds. The highest BCUT2D eigenvalue weighted by Gasteiger charge is 2.37. The summed E-state index contributed by atoms with van der Waals surface area (Å²) < 4.78 is 78.5. The van der Waals surface area contributed by atoms with E-state index in [1.165, 1.54) is 6.07 Å². The van der Waals surface area contributed by atoms with E-state index in [0.717, 1.165) is 18.4 Å². The number of hydrogen-bond donors (Lipinski definition) is 0. The first-order valence-corrected chi connectivity index (χ1v) is 7.54. The molecular weight excluding hydrogens is 330 g/mol. The molecule has 0 saturated carbocycles. The molecule has 130 valence electrons. The Morgan fingerprint density at radius 3 is 1.83 bits per heavy atom. The average molecular weight is 346 g/mol. The lowest BCUT2D eigenvalue weighted by molar-refractivity contribution is -0.142. The van der Waals surface area contributed by atoms with Crippen LogP contribution in [-0.4, -0.2) is 0 Å². The summed E-state index contributed by atoms with van der Waals surface area (Å²) in [6.07, 6.45) is -3.29. The van der Waals surface area contributed by atoms with Gasteiger partial charge in [-0.25, -0.2) is 13.2 Å². The molecule has 0 aliphatic heterocycles. The van der Waals surface area contributed by atoms with Gasteiger partial charge in [-0.3, -0.25) is 0 Å². The van der Waals surface area contributed by atoms with Gasteiger partial charge in [-0.2, -0.15) is 13.2 Å². The molecule has 0 aliphatic rings. The van der Waals surface area contributed by atoms with Crippen LogP contribution >= 0.6 is 0 Å². The highest BCUT2D eigenvalue weighted by Crippen LogP contribution is 2.34. The first-order chi connectivity index (χ1) is 11.2. The van der Waals surface area contributed by atoms with E-state index in [0.29, 0.717) is 17.7 Å². The van der Waals surface area contributed by atoms with Crippen molar-refractivity contribution in [3.05, 3.63) is 70.0 Å². The maximum absolute atomic E-state index is 14.0. The largest absolute Gasteiger partial charge is 0.422 e. The fourth-order valence-corrected chi connectivity index (χ4v) is 2.56. The maximum atomic E-state index is 14.0. The van der Waals surface area contributed by atoms with E-state index in [1.54, 1.807) is 12.1 Å². The summed E-state index contributed by atoms with van der Waals surface area (Å²) >= 11 is 0. The quantitative estimate of drug-likeness (QED) is 0.595. The number of aryl methyl sites for hydroxylation is 3. The van der Waals surface area contributed by atoms with Crippen LogP contribution in [-0.2, 0) is 25.4 Å². The van der Waals surface area contributed by atoms with Gasteiger partial charge in [-0.05, 0) is 54.2 Å². The fourth-order valence-electron chi connectivity index (χ4n) is 2.56. The van der Waals surface area contributed by atoms with Crippen LogP contribution in [0.25, 0.3) is 0 Å². The zero-order valence-corrected chi connectivity index (χ0v) is 13.0. The number of rotatable bonds is 5. The Balaban J connectivity index is 2.15. The second-order valence-corrected chi connectivity index (χ2v) is 5.61. The van der Waals surface area contributed by atoms with Crippen LogP contribution in [0.2, 0.25) is 0 Å². The zero-order chi connectivity index (χ0) is 17.9. The second kappa shape index (κ2) is 7.28. The molecule has 0 unspecified atom stereocenters. The van der Waals surface area contributed by atoms with Gasteiger partial charge < -0.3 is 0 Å².